The molecule has 2 atom stereocenters. The topological polar surface area (TPSA) is 71.3 Å². The monoisotopic (exact) mass is 388 g/mol. The molecule has 5 nitrogen and oxygen atoms in total. The summed E-state index contributed by atoms with van der Waals surface area (Å²) in [4.78, 5) is 25.7. The second-order valence-corrected chi connectivity index (χ2v) is 7.10. The quantitative estimate of drug-likeness (QED) is 0.670. The molecular weight excluding hydrogens is 372 g/mol. The number of hydrogen-bond acceptors (Lipinski definition) is 4. The van der Waals surface area contributed by atoms with Gasteiger partial charge in [0.25, 0.3) is 5.91 Å². The molecule has 7 heteroatoms. The summed E-state index contributed by atoms with van der Waals surface area (Å²) in [5.74, 6) is -0.563. The van der Waals surface area contributed by atoms with Gasteiger partial charge in [-0.2, -0.15) is 0 Å². The van der Waals surface area contributed by atoms with E-state index in [0.717, 1.165) is 10.4 Å². The van der Waals surface area contributed by atoms with Crippen molar-refractivity contribution in [1.82, 2.24) is 10.6 Å². The van der Waals surface area contributed by atoms with Gasteiger partial charge in [0.05, 0.1) is 12.3 Å². The van der Waals surface area contributed by atoms with Crippen molar-refractivity contribution >= 4 is 34.8 Å². The zero-order valence-corrected chi connectivity index (χ0v) is 15.5. The Hall–Kier alpha value is -2.57. The van der Waals surface area contributed by atoms with Gasteiger partial charge in [-0.3, -0.25) is 9.59 Å². The van der Waals surface area contributed by atoms with Crippen LogP contribution in [-0.4, -0.2) is 17.9 Å². The normalized spacial score (nSPS) is 13.0. The number of thiophene rings is 1. The Labute approximate surface area is 160 Å². The van der Waals surface area contributed by atoms with E-state index < -0.39 is 11.9 Å². The van der Waals surface area contributed by atoms with Crippen LogP contribution in [0.4, 0.5) is 0 Å². The molecule has 3 rings (SSSR count). The standard InChI is InChI=1S/C19H17ClN2O3S/c1-12(21-19(24)15-4-2-10-25-15)18(23)22-17(16-5-3-11-26-16)13-6-8-14(20)9-7-13/h2-12,17H,1H3,(H,21,24)(H,22,23)/t12-,17+/m0/s1. The first kappa shape index (κ1) is 18.2. The zero-order chi connectivity index (χ0) is 18.5. The lowest BCUT2D eigenvalue weighted by Crippen LogP contribution is -2.45. The first-order valence-electron chi connectivity index (χ1n) is 7.98. The van der Waals surface area contributed by atoms with Crippen LogP contribution in [0.3, 0.4) is 0 Å². The van der Waals surface area contributed by atoms with Gasteiger partial charge >= 0.3 is 0 Å². The smallest absolute Gasteiger partial charge is 0.287 e. The third kappa shape index (κ3) is 4.33. The summed E-state index contributed by atoms with van der Waals surface area (Å²) in [6, 6.07) is 13.3. The first-order chi connectivity index (χ1) is 12.5. The SMILES string of the molecule is C[C@H](NC(=O)c1ccco1)C(=O)N[C@H](c1ccc(Cl)cc1)c1cccs1. The number of carbonyl (C=O) groups is 2. The van der Waals surface area contributed by atoms with Gasteiger partial charge in [0, 0.05) is 9.90 Å². The fraction of sp³-hybridized carbons (Fsp3) is 0.158. The molecule has 26 heavy (non-hydrogen) atoms. The van der Waals surface area contributed by atoms with Crippen molar-refractivity contribution in [3.63, 3.8) is 0 Å². The Bertz CT molecular complexity index is 861. The number of benzene rings is 1. The first-order valence-corrected chi connectivity index (χ1v) is 9.24. The van der Waals surface area contributed by atoms with Crippen LogP contribution in [0.1, 0.15) is 34.0 Å². The molecule has 0 aliphatic rings. The van der Waals surface area contributed by atoms with Gasteiger partial charge in [-0.25, -0.2) is 0 Å². The predicted octanol–water partition coefficient (Wildman–Crippen LogP) is 4.02. The van der Waals surface area contributed by atoms with E-state index in [1.54, 1.807) is 42.5 Å². The maximum absolute atomic E-state index is 12.6. The molecule has 2 aromatic heterocycles. The van der Waals surface area contributed by atoms with E-state index in [1.165, 1.54) is 6.26 Å². The fourth-order valence-corrected chi connectivity index (χ4v) is 3.37. The van der Waals surface area contributed by atoms with E-state index in [-0.39, 0.29) is 17.7 Å². The van der Waals surface area contributed by atoms with Gasteiger partial charge in [-0.05, 0) is 48.2 Å². The summed E-state index contributed by atoms with van der Waals surface area (Å²) < 4.78 is 5.04. The molecule has 2 heterocycles. The Morgan fingerprint density at radius 2 is 1.85 bits per heavy atom. The van der Waals surface area contributed by atoms with Crippen molar-refractivity contribution in [2.24, 2.45) is 0 Å². The second-order valence-electron chi connectivity index (χ2n) is 5.68. The number of amides is 2. The number of rotatable bonds is 6. The summed E-state index contributed by atoms with van der Waals surface area (Å²) in [6.45, 7) is 1.63. The van der Waals surface area contributed by atoms with E-state index >= 15 is 0 Å². The van der Waals surface area contributed by atoms with Crippen molar-refractivity contribution in [2.45, 2.75) is 19.0 Å². The van der Waals surface area contributed by atoms with Gasteiger partial charge in [0.15, 0.2) is 5.76 Å². The Kier molecular flexibility index (Phi) is 5.75. The van der Waals surface area contributed by atoms with Crippen LogP contribution < -0.4 is 10.6 Å². The molecule has 0 saturated heterocycles. The third-order valence-corrected chi connectivity index (χ3v) is 4.99. The molecule has 0 unspecified atom stereocenters. The maximum Gasteiger partial charge on any atom is 0.287 e. The predicted molar refractivity (Wildman–Crippen MR) is 101 cm³/mol. The molecule has 1 aromatic carbocycles. The van der Waals surface area contributed by atoms with Gasteiger partial charge in [-0.1, -0.05) is 29.8 Å². The molecule has 0 aliphatic heterocycles. The van der Waals surface area contributed by atoms with Crippen molar-refractivity contribution < 1.29 is 14.0 Å². The minimum absolute atomic E-state index is 0.164. The lowest BCUT2D eigenvalue weighted by Gasteiger charge is -2.21. The number of furan rings is 1. The third-order valence-electron chi connectivity index (χ3n) is 3.80. The van der Waals surface area contributed by atoms with Gasteiger partial charge in [0.1, 0.15) is 6.04 Å². The average molecular weight is 389 g/mol. The molecule has 0 spiro atoms. The number of halogens is 1. The molecule has 0 fully saturated rings. The fourth-order valence-electron chi connectivity index (χ4n) is 2.44. The van der Waals surface area contributed by atoms with Crippen molar-refractivity contribution in [1.29, 1.82) is 0 Å². The Morgan fingerprint density at radius 1 is 1.08 bits per heavy atom. The highest BCUT2D eigenvalue weighted by Crippen LogP contribution is 2.27. The molecule has 0 radical (unpaired) electrons. The van der Waals surface area contributed by atoms with Crippen LogP contribution in [0.25, 0.3) is 0 Å². The van der Waals surface area contributed by atoms with E-state index in [0.29, 0.717) is 5.02 Å². The average Bonchev–Trinajstić information content (AvgIpc) is 3.34. The summed E-state index contributed by atoms with van der Waals surface area (Å²) in [5.41, 5.74) is 0.912. The molecule has 3 aromatic rings. The molecule has 0 saturated carbocycles. The van der Waals surface area contributed by atoms with E-state index in [1.807, 2.05) is 29.6 Å². The second kappa shape index (κ2) is 8.21. The molecule has 2 N–H and O–H groups in total. The van der Waals surface area contributed by atoms with E-state index in [9.17, 15) is 9.59 Å². The highest BCUT2D eigenvalue weighted by molar-refractivity contribution is 7.10. The van der Waals surface area contributed by atoms with Crippen LogP contribution in [0.15, 0.2) is 64.6 Å². The minimum Gasteiger partial charge on any atom is -0.459 e. The lowest BCUT2D eigenvalue weighted by atomic mass is 10.0. The van der Waals surface area contributed by atoms with Crippen molar-refractivity contribution in [2.75, 3.05) is 0 Å². The van der Waals surface area contributed by atoms with Gasteiger partial charge < -0.3 is 15.1 Å². The van der Waals surface area contributed by atoms with Crippen LogP contribution in [0, 0.1) is 0 Å². The summed E-state index contributed by atoms with van der Waals surface area (Å²) in [7, 11) is 0. The zero-order valence-electron chi connectivity index (χ0n) is 13.9. The lowest BCUT2D eigenvalue weighted by molar-refractivity contribution is -0.123. The van der Waals surface area contributed by atoms with Gasteiger partial charge in [-0.15, -0.1) is 11.3 Å². The Balaban J connectivity index is 1.73. The van der Waals surface area contributed by atoms with E-state index in [2.05, 4.69) is 10.6 Å². The highest BCUT2D eigenvalue weighted by atomic mass is 35.5. The van der Waals surface area contributed by atoms with Crippen molar-refractivity contribution in [3.8, 4) is 0 Å². The van der Waals surface area contributed by atoms with Crippen LogP contribution in [-0.2, 0) is 4.79 Å². The van der Waals surface area contributed by atoms with Crippen LogP contribution in [0.2, 0.25) is 5.02 Å². The number of carbonyl (C=O) groups excluding carboxylic acids is 2. The molecule has 0 aliphatic carbocycles. The molecule has 0 bridgehead atoms. The molecule has 134 valence electrons. The molecular formula is C19H17ClN2O3S. The maximum atomic E-state index is 12.6. The Morgan fingerprint density at radius 3 is 2.46 bits per heavy atom. The van der Waals surface area contributed by atoms with Crippen LogP contribution in [0.5, 0.6) is 0 Å². The van der Waals surface area contributed by atoms with Crippen LogP contribution >= 0.6 is 22.9 Å². The van der Waals surface area contributed by atoms with Gasteiger partial charge in [0.2, 0.25) is 5.91 Å². The number of nitrogens with one attached hydrogen (secondary N) is 2. The summed E-state index contributed by atoms with van der Waals surface area (Å²) in [5, 5.41) is 8.20. The highest BCUT2D eigenvalue weighted by Gasteiger charge is 2.23. The summed E-state index contributed by atoms with van der Waals surface area (Å²) >= 11 is 7.51. The molecule has 2 amide bonds. The number of hydrogen-bond donors (Lipinski definition) is 2. The van der Waals surface area contributed by atoms with Crippen molar-refractivity contribution in [3.05, 3.63) is 81.4 Å². The summed E-state index contributed by atoms with van der Waals surface area (Å²) in [6.07, 6.45) is 1.41. The van der Waals surface area contributed by atoms with E-state index in [4.69, 9.17) is 16.0 Å². The minimum atomic E-state index is -0.720. The largest absolute Gasteiger partial charge is 0.459 e.